The molecule has 16 heavy (non-hydrogen) atoms. The third kappa shape index (κ3) is 1.82. The van der Waals surface area contributed by atoms with E-state index in [0.29, 0.717) is 0 Å². The van der Waals surface area contributed by atoms with E-state index in [0.717, 1.165) is 35.6 Å². The summed E-state index contributed by atoms with van der Waals surface area (Å²) in [5.41, 5.74) is 0. The van der Waals surface area contributed by atoms with Gasteiger partial charge >= 0.3 is 0 Å². The van der Waals surface area contributed by atoms with Crippen molar-refractivity contribution in [2.24, 2.45) is 29.6 Å². The lowest BCUT2D eigenvalue weighted by molar-refractivity contribution is -0.0476. The molecule has 1 unspecified atom stereocenters. The molecule has 1 nitrogen and oxygen atoms in total. The van der Waals surface area contributed by atoms with Crippen molar-refractivity contribution in [1.29, 1.82) is 0 Å². The zero-order valence-corrected chi connectivity index (χ0v) is 11.4. The second-order valence-electron chi connectivity index (χ2n) is 6.36. The minimum atomic E-state index is 0.782. The molecule has 92 valence electrons. The molecule has 0 aromatic rings. The van der Waals surface area contributed by atoms with Crippen LogP contribution in [-0.4, -0.2) is 25.1 Å². The van der Waals surface area contributed by atoms with Crippen LogP contribution in [0.5, 0.6) is 0 Å². The molecular formula is C14H25NS. The molecule has 4 bridgehead atoms. The summed E-state index contributed by atoms with van der Waals surface area (Å²) in [4.78, 5) is 0. The van der Waals surface area contributed by atoms with Gasteiger partial charge in [-0.05, 0) is 75.0 Å². The third-order valence-corrected chi connectivity index (χ3v) is 6.17. The quantitative estimate of drug-likeness (QED) is 0.809. The Morgan fingerprint density at radius 2 is 1.62 bits per heavy atom. The van der Waals surface area contributed by atoms with Crippen LogP contribution in [0.2, 0.25) is 0 Å². The van der Waals surface area contributed by atoms with Crippen LogP contribution in [0.3, 0.4) is 0 Å². The molecule has 1 atom stereocenters. The lowest BCUT2D eigenvalue weighted by Gasteiger charge is -2.56. The molecule has 0 spiro atoms. The first-order chi connectivity index (χ1) is 7.81. The van der Waals surface area contributed by atoms with E-state index >= 15 is 0 Å². The molecule has 1 N–H and O–H groups in total. The van der Waals surface area contributed by atoms with Gasteiger partial charge in [0.05, 0.1) is 0 Å². The fraction of sp³-hybridized carbons (Fsp3) is 1.00. The van der Waals surface area contributed by atoms with Crippen molar-refractivity contribution in [2.75, 3.05) is 19.1 Å². The van der Waals surface area contributed by atoms with E-state index in [1.807, 2.05) is 11.8 Å². The fourth-order valence-electron chi connectivity index (χ4n) is 5.19. The average molecular weight is 239 g/mol. The highest BCUT2D eigenvalue weighted by Crippen LogP contribution is 2.57. The van der Waals surface area contributed by atoms with E-state index in [4.69, 9.17) is 0 Å². The molecule has 0 heterocycles. The minimum Gasteiger partial charge on any atom is -0.316 e. The molecule has 4 saturated carbocycles. The number of thioether (sulfide) groups is 1. The lowest BCUT2D eigenvalue weighted by atomic mass is 9.50. The molecule has 0 aromatic heterocycles. The van der Waals surface area contributed by atoms with Gasteiger partial charge in [0.2, 0.25) is 0 Å². The number of hydrogen-bond donors (Lipinski definition) is 1. The zero-order valence-electron chi connectivity index (χ0n) is 10.6. The van der Waals surface area contributed by atoms with Gasteiger partial charge in [0.15, 0.2) is 0 Å². The summed E-state index contributed by atoms with van der Waals surface area (Å²) in [6, 6.07) is 0.782. The van der Waals surface area contributed by atoms with Gasteiger partial charge in [-0.1, -0.05) is 0 Å². The van der Waals surface area contributed by atoms with Crippen molar-refractivity contribution >= 4 is 11.8 Å². The Balaban J connectivity index is 1.75. The van der Waals surface area contributed by atoms with Crippen LogP contribution in [0.15, 0.2) is 0 Å². The Kier molecular flexibility index (Phi) is 3.23. The molecule has 0 aliphatic heterocycles. The first-order valence-electron chi connectivity index (χ1n) is 6.98. The van der Waals surface area contributed by atoms with Crippen LogP contribution in [0.25, 0.3) is 0 Å². The van der Waals surface area contributed by atoms with Crippen molar-refractivity contribution in [2.45, 2.75) is 38.1 Å². The van der Waals surface area contributed by atoms with Gasteiger partial charge in [0, 0.05) is 11.8 Å². The lowest BCUT2D eigenvalue weighted by Crippen LogP contribution is -2.53. The Morgan fingerprint density at radius 3 is 2.06 bits per heavy atom. The summed E-state index contributed by atoms with van der Waals surface area (Å²) >= 11 is 2.02. The molecule has 0 amide bonds. The van der Waals surface area contributed by atoms with E-state index in [2.05, 4.69) is 18.6 Å². The number of hydrogen-bond acceptors (Lipinski definition) is 2. The number of nitrogens with one attached hydrogen (secondary N) is 1. The molecule has 4 fully saturated rings. The van der Waals surface area contributed by atoms with E-state index in [1.165, 1.54) is 5.75 Å². The number of rotatable bonds is 4. The maximum atomic E-state index is 3.61. The highest BCUT2D eigenvalue weighted by Gasteiger charge is 2.49. The first kappa shape index (κ1) is 11.4. The van der Waals surface area contributed by atoms with Gasteiger partial charge in [-0.2, -0.15) is 11.8 Å². The second-order valence-corrected chi connectivity index (χ2v) is 7.27. The summed E-state index contributed by atoms with van der Waals surface area (Å²) in [5.74, 6) is 6.69. The van der Waals surface area contributed by atoms with Crippen LogP contribution >= 0.6 is 11.8 Å². The van der Waals surface area contributed by atoms with Crippen molar-refractivity contribution in [1.82, 2.24) is 5.32 Å². The molecule has 4 rings (SSSR count). The second kappa shape index (κ2) is 4.53. The Bertz CT molecular complexity index is 222. The van der Waals surface area contributed by atoms with E-state index in [9.17, 15) is 0 Å². The van der Waals surface area contributed by atoms with E-state index in [-0.39, 0.29) is 0 Å². The SMILES string of the molecule is CNC(CSC)C1C2CC3CC(C2)CC1C3. The topological polar surface area (TPSA) is 12.0 Å². The fourth-order valence-corrected chi connectivity index (χ4v) is 5.94. The Hall–Kier alpha value is 0.310. The van der Waals surface area contributed by atoms with Crippen LogP contribution in [0.4, 0.5) is 0 Å². The Morgan fingerprint density at radius 1 is 1.06 bits per heavy atom. The van der Waals surface area contributed by atoms with Gasteiger partial charge in [0.25, 0.3) is 0 Å². The van der Waals surface area contributed by atoms with Gasteiger partial charge in [-0.3, -0.25) is 0 Å². The summed E-state index contributed by atoms with van der Waals surface area (Å²) in [6.07, 6.45) is 10.1. The zero-order chi connectivity index (χ0) is 11.1. The normalized spacial score (nSPS) is 47.2. The monoisotopic (exact) mass is 239 g/mol. The van der Waals surface area contributed by atoms with E-state index in [1.54, 1.807) is 32.1 Å². The molecule has 0 saturated heterocycles. The predicted molar refractivity (Wildman–Crippen MR) is 71.8 cm³/mol. The average Bonchev–Trinajstić information content (AvgIpc) is 2.26. The van der Waals surface area contributed by atoms with Crippen LogP contribution < -0.4 is 5.32 Å². The van der Waals surface area contributed by atoms with Gasteiger partial charge in [0.1, 0.15) is 0 Å². The van der Waals surface area contributed by atoms with Crippen molar-refractivity contribution in [3.63, 3.8) is 0 Å². The highest BCUT2D eigenvalue weighted by molar-refractivity contribution is 7.98. The van der Waals surface area contributed by atoms with Crippen LogP contribution in [0, 0.1) is 29.6 Å². The Labute approximate surface area is 104 Å². The first-order valence-corrected chi connectivity index (χ1v) is 8.37. The minimum absolute atomic E-state index is 0.782. The predicted octanol–water partition coefficient (Wildman–Crippen LogP) is 3.01. The van der Waals surface area contributed by atoms with Gasteiger partial charge in [-0.15, -0.1) is 0 Å². The van der Waals surface area contributed by atoms with Crippen molar-refractivity contribution < 1.29 is 0 Å². The summed E-state index contributed by atoms with van der Waals surface area (Å²) < 4.78 is 0. The van der Waals surface area contributed by atoms with Crippen molar-refractivity contribution in [3.05, 3.63) is 0 Å². The largest absolute Gasteiger partial charge is 0.316 e. The highest BCUT2D eigenvalue weighted by atomic mass is 32.2. The summed E-state index contributed by atoms with van der Waals surface area (Å²) in [5, 5.41) is 3.61. The smallest absolute Gasteiger partial charge is 0.0188 e. The van der Waals surface area contributed by atoms with E-state index < -0.39 is 0 Å². The maximum Gasteiger partial charge on any atom is 0.0188 e. The molecule has 4 aliphatic carbocycles. The third-order valence-electron chi connectivity index (χ3n) is 5.48. The molecule has 0 aromatic carbocycles. The molecular weight excluding hydrogens is 214 g/mol. The molecule has 4 aliphatic rings. The maximum absolute atomic E-state index is 3.61. The van der Waals surface area contributed by atoms with Crippen LogP contribution in [0.1, 0.15) is 32.1 Å². The molecule has 0 radical (unpaired) electrons. The standard InChI is InChI=1S/C14H25NS/c1-15-13(8-16-2)14-11-4-9-3-10(6-11)7-12(14)5-9/h9-15H,3-8H2,1-2H3. The van der Waals surface area contributed by atoms with Crippen LogP contribution in [-0.2, 0) is 0 Å². The molecule has 2 heteroatoms. The van der Waals surface area contributed by atoms with Gasteiger partial charge < -0.3 is 5.32 Å². The summed E-state index contributed by atoms with van der Waals surface area (Å²) in [6.45, 7) is 0. The summed E-state index contributed by atoms with van der Waals surface area (Å²) in [7, 11) is 2.17. The van der Waals surface area contributed by atoms with Crippen molar-refractivity contribution in [3.8, 4) is 0 Å². The van der Waals surface area contributed by atoms with Gasteiger partial charge in [-0.25, -0.2) is 0 Å².